The molecule has 4 aromatic rings. The summed E-state index contributed by atoms with van der Waals surface area (Å²) in [6.07, 6.45) is 1.47. The van der Waals surface area contributed by atoms with Crippen LogP contribution in [-0.2, 0) is 14.2 Å². The van der Waals surface area contributed by atoms with Crippen molar-refractivity contribution in [3.8, 4) is 0 Å². The SMILES string of the molecule is [O-][P+]([O-])([O-])CCNCCOCCOCCOCCN(CP(c1ccccc1)c1ccccc1)CP(c1ccccc1)c1ccccc1. The summed E-state index contributed by atoms with van der Waals surface area (Å²) >= 11 is 0. The molecule has 0 fully saturated rings. The number of hydrogen-bond donors (Lipinski definition) is 1. The van der Waals surface area contributed by atoms with Crippen LogP contribution >= 0.6 is 23.8 Å². The lowest BCUT2D eigenvalue weighted by molar-refractivity contribution is -0.427. The van der Waals surface area contributed by atoms with Crippen LogP contribution in [0.1, 0.15) is 0 Å². The molecule has 47 heavy (non-hydrogen) atoms. The predicted octanol–water partition coefficient (Wildman–Crippen LogP) is 1.95. The molecule has 0 aliphatic carbocycles. The van der Waals surface area contributed by atoms with Crippen molar-refractivity contribution in [3.05, 3.63) is 121 Å². The number of hydrogen-bond acceptors (Lipinski definition) is 8. The van der Waals surface area contributed by atoms with Gasteiger partial charge in [0.05, 0.1) is 45.8 Å². The van der Waals surface area contributed by atoms with Gasteiger partial charge >= 0.3 is 0 Å². The third-order valence-electron chi connectivity index (χ3n) is 7.24. The fourth-order valence-corrected chi connectivity index (χ4v) is 10.1. The quantitative estimate of drug-likeness (QED) is 0.0928. The molecule has 0 spiro atoms. The number of ether oxygens (including phenoxy) is 3. The van der Waals surface area contributed by atoms with Gasteiger partial charge in [-0.25, -0.2) is 0 Å². The van der Waals surface area contributed by atoms with E-state index in [1.807, 2.05) is 0 Å². The monoisotopic (exact) mass is 694 g/mol. The first-order valence-corrected chi connectivity index (χ1v) is 20.7. The fraction of sp³-hybridized carbons (Fsp3) is 0.333. The summed E-state index contributed by atoms with van der Waals surface area (Å²) in [5, 5.41) is 8.34. The van der Waals surface area contributed by atoms with E-state index in [-0.39, 0.29) is 6.54 Å². The summed E-state index contributed by atoms with van der Waals surface area (Å²) in [4.78, 5) is 34.5. The molecule has 0 aliphatic heterocycles. The van der Waals surface area contributed by atoms with Crippen molar-refractivity contribution >= 4 is 45.0 Å². The van der Waals surface area contributed by atoms with Gasteiger partial charge in [0.25, 0.3) is 0 Å². The Hall–Kier alpha value is -2.15. The Balaban J connectivity index is 1.31. The van der Waals surface area contributed by atoms with Gasteiger partial charge in [-0.3, -0.25) is 4.90 Å². The van der Waals surface area contributed by atoms with Crippen LogP contribution in [0.2, 0.25) is 0 Å². The molecule has 0 saturated heterocycles. The molecule has 0 bridgehead atoms. The van der Waals surface area contributed by atoms with Gasteiger partial charge in [0.15, 0.2) is 0 Å². The van der Waals surface area contributed by atoms with E-state index in [1.165, 1.54) is 21.2 Å². The third kappa shape index (κ3) is 14.9. The van der Waals surface area contributed by atoms with Crippen LogP contribution in [-0.4, -0.2) is 82.9 Å². The smallest absolute Gasteiger partial charge is 0.0701 e. The van der Waals surface area contributed by atoms with Crippen molar-refractivity contribution in [2.75, 3.05) is 78.0 Å². The summed E-state index contributed by atoms with van der Waals surface area (Å²) in [7, 11) is -5.67. The molecule has 0 aliphatic rings. The molecule has 0 aromatic heterocycles. The van der Waals surface area contributed by atoms with Gasteiger partial charge in [-0.2, -0.15) is 7.94 Å². The second kappa shape index (κ2) is 21.7. The molecule has 252 valence electrons. The lowest BCUT2D eigenvalue weighted by Gasteiger charge is -2.42. The van der Waals surface area contributed by atoms with Crippen LogP contribution in [0.15, 0.2) is 121 Å². The molecule has 0 amide bonds. The Morgan fingerprint density at radius 1 is 0.489 bits per heavy atom. The zero-order valence-electron chi connectivity index (χ0n) is 26.8. The summed E-state index contributed by atoms with van der Waals surface area (Å²) in [6, 6.07) is 43.4. The van der Waals surface area contributed by atoms with E-state index >= 15 is 0 Å². The van der Waals surface area contributed by atoms with Gasteiger partial charge in [0, 0.05) is 32.2 Å². The highest BCUT2D eigenvalue weighted by Gasteiger charge is 2.22. The highest BCUT2D eigenvalue weighted by atomic mass is 31.2. The molecule has 8 nitrogen and oxygen atoms in total. The van der Waals surface area contributed by atoms with Crippen LogP contribution in [0.4, 0.5) is 0 Å². The second-order valence-electron chi connectivity index (χ2n) is 10.8. The Bertz CT molecular complexity index is 1190. The van der Waals surface area contributed by atoms with Crippen molar-refractivity contribution in [1.29, 1.82) is 0 Å². The van der Waals surface area contributed by atoms with Gasteiger partial charge in [-0.05, 0) is 37.1 Å². The molecule has 0 radical (unpaired) electrons. The van der Waals surface area contributed by atoms with Crippen molar-refractivity contribution in [1.82, 2.24) is 10.2 Å². The van der Waals surface area contributed by atoms with Gasteiger partial charge < -0.3 is 34.2 Å². The third-order valence-corrected chi connectivity index (χ3v) is 13.1. The van der Waals surface area contributed by atoms with Gasteiger partial charge in [-0.1, -0.05) is 121 Å². The zero-order valence-corrected chi connectivity index (χ0v) is 29.5. The number of nitrogens with zero attached hydrogens (tertiary/aromatic N) is 1. The number of rotatable bonds is 23. The summed E-state index contributed by atoms with van der Waals surface area (Å²) in [5.74, 6) is 0. The van der Waals surface area contributed by atoms with Crippen LogP contribution in [0, 0.1) is 0 Å². The minimum Gasteiger partial charge on any atom is -0.688 e. The van der Waals surface area contributed by atoms with E-state index in [1.54, 1.807) is 0 Å². The fourth-order valence-electron chi connectivity index (χ4n) is 4.86. The van der Waals surface area contributed by atoms with Crippen LogP contribution in [0.25, 0.3) is 0 Å². The number of nitrogens with one attached hydrogen (secondary N) is 1. The van der Waals surface area contributed by atoms with Crippen molar-refractivity contribution in [2.24, 2.45) is 0 Å². The Morgan fingerprint density at radius 2 is 0.851 bits per heavy atom. The van der Waals surface area contributed by atoms with Crippen LogP contribution < -0.4 is 41.2 Å². The summed E-state index contributed by atoms with van der Waals surface area (Å²) in [6.45, 7) is 4.30. The minimum absolute atomic E-state index is 0.138. The molecule has 1 N–H and O–H groups in total. The lowest BCUT2D eigenvalue weighted by Crippen LogP contribution is -2.38. The maximum atomic E-state index is 10.6. The average Bonchev–Trinajstić information content (AvgIpc) is 3.10. The largest absolute Gasteiger partial charge is 0.688 e. The summed E-state index contributed by atoms with van der Waals surface area (Å²) < 4.78 is 17.2. The Kier molecular flexibility index (Phi) is 17.4. The molecule has 0 atom stereocenters. The highest BCUT2D eigenvalue weighted by Crippen LogP contribution is 2.39. The molecule has 4 rings (SSSR count). The maximum Gasteiger partial charge on any atom is 0.0701 e. The maximum absolute atomic E-state index is 10.6. The van der Waals surface area contributed by atoms with Gasteiger partial charge in [0.1, 0.15) is 0 Å². The minimum atomic E-state index is -4.45. The van der Waals surface area contributed by atoms with Crippen LogP contribution in [0.3, 0.4) is 0 Å². The van der Waals surface area contributed by atoms with E-state index in [0.717, 1.165) is 19.1 Å². The number of benzene rings is 4. The van der Waals surface area contributed by atoms with Gasteiger partial charge in [-0.15, -0.1) is 0 Å². The summed E-state index contributed by atoms with van der Waals surface area (Å²) in [5.41, 5.74) is 0. The normalized spacial score (nSPS) is 12.0. The molecule has 11 heteroatoms. The Labute approximate surface area is 282 Å². The van der Waals surface area contributed by atoms with Crippen LogP contribution in [0.5, 0.6) is 0 Å². The first kappa shape index (κ1) is 37.7. The van der Waals surface area contributed by atoms with E-state index in [2.05, 4.69) is 132 Å². The van der Waals surface area contributed by atoms with Crippen molar-refractivity contribution in [2.45, 2.75) is 0 Å². The van der Waals surface area contributed by atoms with Crippen molar-refractivity contribution in [3.63, 3.8) is 0 Å². The molecular formula is C36H45N2O6P3-2. The van der Waals surface area contributed by atoms with E-state index < -0.39 is 29.9 Å². The molecule has 4 aromatic carbocycles. The first-order chi connectivity index (χ1) is 23.0. The first-order valence-electron chi connectivity index (χ1n) is 15.9. The van der Waals surface area contributed by atoms with Crippen molar-refractivity contribution < 1.29 is 28.9 Å². The van der Waals surface area contributed by atoms with E-state index in [4.69, 9.17) is 14.2 Å². The van der Waals surface area contributed by atoms with E-state index in [9.17, 15) is 14.7 Å². The average molecular weight is 695 g/mol. The second-order valence-corrected chi connectivity index (χ2v) is 16.8. The Morgan fingerprint density at radius 3 is 1.23 bits per heavy atom. The highest BCUT2D eigenvalue weighted by molar-refractivity contribution is 7.73. The zero-order chi connectivity index (χ0) is 33.0. The molecular weight excluding hydrogens is 649 g/mol. The standard InChI is InChI=1S/C36H47N2O6P3/c39-47(40,41)30-22-37-21-24-42-26-28-44-29-27-43-25-23-38(31-45(33-13-5-1-6-14-33)34-15-7-2-8-16-34)32-46(35-17-9-3-10-18-35)36-19-11-4-12-20-36/h1-20,37H,21-32H2,(H2,39,40,41)/p-2. The predicted molar refractivity (Wildman–Crippen MR) is 192 cm³/mol. The van der Waals surface area contributed by atoms with Gasteiger partial charge in [0.2, 0.25) is 0 Å². The lowest BCUT2D eigenvalue weighted by atomic mass is 10.4. The molecule has 0 heterocycles. The molecule has 0 unspecified atom stereocenters. The van der Waals surface area contributed by atoms with E-state index in [0.29, 0.717) is 46.2 Å². The molecule has 0 saturated carbocycles. The topological polar surface area (TPSA) is 112 Å².